The van der Waals surface area contributed by atoms with Crippen LogP contribution in [0.15, 0.2) is 9.85 Å². The van der Waals surface area contributed by atoms with E-state index in [1.54, 1.807) is 0 Å². The Balaban J connectivity index is 1.85. The molecule has 3 heteroatoms. The number of halogens is 1. The molecule has 0 amide bonds. The third kappa shape index (κ3) is 2.59. The van der Waals surface area contributed by atoms with E-state index in [1.807, 2.05) is 11.3 Å². The normalized spacial score (nSPS) is 17.9. The third-order valence-electron chi connectivity index (χ3n) is 2.83. The standard InChI is InChI=1S/C11H16BrNS/c1-8-6-10(14-11(8)12)7-13-9-4-2-3-5-9/h6,9,13H,2-5,7H2,1H3. The van der Waals surface area contributed by atoms with Crippen molar-refractivity contribution in [1.82, 2.24) is 5.32 Å². The Morgan fingerprint density at radius 1 is 1.50 bits per heavy atom. The zero-order chi connectivity index (χ0) is 9.97. The van der Waals surface area contributed by atoms with Crippen LogP contribution in [0.2, 0.25) is 0 Å². The number of aryl methyl sites for hydroxylation is 1. The van der Waals surface area contributed by atoms with Gasteiger partial charge in [-0.15, -0.1) is 11.3 Å². The lowest BCUT2D eigenvalue weighted by Crippen LogP contribution is -2.24. The summed E-state index contributed by atoms with van der Waals surface area (Å²) in [4.78, 5) is 1.45. The van der Waals surface area contributed by atoms with E-state index in [0.717, 1.165) is 12.6 Å². The van der Waals surface area contributed by atoms with Crippen LogP contribution in [-0.2, 0) is 6.54 Å². The second kappa shape index (κ2) is 4.77. The van der Waals surface area contributed by atoms with Gasteiger partial charge in [0.25, 0.3) is 0 Å². The fourth-order valence-corrected chi connectivity index (χ4v) is 3.56. The molecule has 0 aromatic carbocycles. The van der Waals surface area contributed by atoms with Crippen molar-refractivity contribution < 1.29 is 0 Å². The summed E-state index contributed by atoms with van der Waals surface area (Å²) < 4.78 is 1.28. The second-order valence-corrected chi connectivity index (χ2v) is 6.49. The van der Waals surface area contributed by atoms with Gasteiger partial charge in [0.1, 0.15) is 0 Å². The van der Waals surface area contributed by atoms with Gasteiger partial charge in [-0.05, 0) is 47.3 Å². The van der Waals surface area contributed by atoms with Crippen LogP contribution in [0.3, 0.4) is 0 Å². The Bertz CT molecular complexity index is 283. The Morgan fingerprint density at radius 2 is 2.21 bits per heavy atom. The third-order valence-corrected chi connectivity index (χ3v) is 4.96. The van der Waals surface area contributed by atoms with Gasteiger partial charge in [-0.25, -0.2) is 0 Å². The highest BCUT2D eigenvalue weighted by Gasteiger charge is 2.14. The monoisotopic (exact) mass is 273 g/mol. The van der Waals surface area contributed by atoms with E-state index >= 15 is 0 Å². The quantitative estimate of drug-likeness (QED) is 0.882. The predicted octanol–water partition coefficient (Wildman–Crippen LogP) is 3.85. The molecule has 0 spiro atoms. The van der Waals surface area contributed by atoms with Crippen LogP contribution in [0.25, 0.3) is 0 Å². The molecule has 2 rings (SSSR count). The van der Waals surface area contributed by atoms with E-state index in [4.69, 9.17) is 0 Å². The fraction of sp³-hybridized carbons (Fsp3) is 0.636. The van der Waals surface area contributed by atoms with Crippen molar-refractivity contribution in [2.45, 2.75) is 45.2 Å². The highest BCUT2D eigenvalue weighted by Crippen LogP contribution is 2.27. The van der Waals surface area contributed by atoms with E-state index in [-0.39, 0.29) is 0 Å². The minimum absolute atomic E-state index is 0.774. The van der Waals surface area contributed by atoms with Gasteiger partial charge < -0.3 is 5.32 Å². The number of thiophene rings is 1. The smallest absolute Gasteiger partial charge is 0.0730 e. The number of hydrogen-bond donors (Lipinski definition) is 1. The van der Waals surface area contributed by atoms with Gasteiger partial charge in [-0.2, -0.15) is 0 Å². The summed E-state index contributed by atoms with van der Waals surface area (Å²) >= 11 is 5.41. The first kappa shape index (κ1) is 10.7. The number of rotatable bonds is 3. The lowest BCUT2D eigenvalue weighted by molar-refractivity contribution is 0.527. The van der Waals surface area contributed by atoms with Gasteiger partial charge in [0.2, 0.25) is 0 Å². The molecule has 0 aliphatic heterocycles. The zero-order valence-corrected chi connectivity index (χ0v) is 10.9. The predicted molar refractivity (Wildman–Crippen MR) is 65.9 cm³/mol. The van der Waals surface area contributed by atoms with Gasteiger partial charge in [0.15, 0.2) is 0 Å². The molecule has 1 saturated carbocycles. The highest BCUT2D eigenvalue weighted by atomic mass is 79.9. The molecule has 1 heterocycles. The first-order valence-corrected chi connectivity index (χ1v) is 6.85. The molecule has 1 aliphatic rings. The van der Waals surface area contributed by atoms with Crippen molar-refractivity contribution in [2.75, 3.05) is 0 Å². The Hall–Kier alpha value is 0.140. The van der Waals surface area contributed by atoms with Crippen LogP contribution in [0.4, 0.5) is 0 Å². The van der Waals surface area contributed by atoms with Crippen LogP contribution < -0.4 is 5.32 Å². The molecule has 0 saturated heterocycles. The summed E-state index contributed by atoms with van der Waals surface area (Å²) in [5.41, 5.74) is 1.36. The van der Waals surface area contributed by atoms with Crippen LogP contribution >= 0.6 is 27.3 Å². The van der Waals surface area contributed by atoms with Crippen molar-refractivity contribution >= 4 is 27.3 Å². The molecular formula is C11H16BrNS. The second-order valence-electron chi connectivity index (χ2n) is 4.03. The molecule has 1 nitrogen and oxygen atoms in total. The summed E-state index contributed by atoms with van der Waals surface area (Å²) in [6.07, 6.45) is 5.55. The maximum Gasteiger partial charge on any atom is 0.0730 e. The summed E-state index contributed by atoms with van der Waals surface area (Å²) in [5, 5.41) is 3.63. The summed E-state index contributed by atoms with van der Waals surface area (Å²) in [7, 11) is 0. The van der Waals surface area contributed by atoms with Gasteiger partial charge in [-0.3, -0.25) is 0 Å². The molecule has 14 heavy (non-hydrogen) atoms. The van der Waals surface area contributed by atoms with Gasteiger partial charge in [0.05, 0.1) is 3.79 Å². The van der Waals surface area contributed by atoms with Crippen molar-refractivity contribution in [1.29, 1.82) is 0 Å². The average molecular weight is 274 g/mol. The molecular weight excluding hydrogens is 258 g/mol. The van der Waals surface area contributed by atoms with Crippen molar-refractivity contribution in [3.05, 3.63) is 20.3 Å². The molecule has 1 fully saturated rings. The molecule has 1 aromatic heterocycles. The van der Waals surface area contributed by atoms with E-state index < -0.39 is 0 Å². The fourth-order valence-electron chi connectivity index (χ4n) is 1.99. The van der Waals surface area contributed by atoms with Gasteiger partial charge >= 0.3 is 0 Å². The van der Waals surface area contributed by atoms with E-state index in [9.17, 15) is 0 Å². The molecule has 0 bridgehead atoms. The number of hydrogen-bond acceptors (Lipinski definition) is 2. The summed E-state index contributed by atoms with van der Waals surface area (Å²) in [5.74, 6) is 0. The maximum absolute atomic E-state index is 3.63. The van der Waals surface area contributed by atoms with Crippen LogP contribution in [0.5, 0.6) is 0 Å². The Kier molecular flexibility index (Phi) is 3.63. The van der Waals surface area contributed by atoms with Crippen molar-refractivity contribution in [2.24, 2.45) is 0 Å². The Labute approximate surface area is 98.0 Å². The molecule has 0 unspecified atom stereocenters. The molecule has 0 radical (unpaired) electrons. The first-order chi connectivity index (χ1) is 6.75. The van der Waals surface area contributed by atoms with E-state index in [0.29, 0.717) is 0 Å². The molecule has 1 N–H and O–H groups in total. The van der Waals surface area contributed by atoms with Crippen LogP contribution in [0, 0.1) is 6.92 Å². The van der Waals surface area contributed by atoms with E-state index in [2.05, 4.69) is 34.2 Å². The first-order valence-electron chi connectivity index (χ1n) is 5.24. The molecule has 0 atom stereocenters. The van der Waals surface area contributed by atoms with E-state index in [1.165, 1.54) is 39.9 Å². The topological polar surface area (TPSA) is 12.0 Å². The molecule has 78 valence electrons. The van der Waals surface area contributed by atoms with Gasteiger partial charge in [0, 0.05) is 17.5 Å². The summed E-state index contributed by atoms with van der Waals surface area (Å²) in [6.45, 7) is 3.20. The SMILES string of the molecule is Cc1cc(CNC2CCCC2)sc1Br. The average Bonchev–Trinajstić information content (AvgIpc) is 2.74. The minimum Gasteiger partial charge on any atom is -0.309 e. The highest BCUT2D eigenvalue weighted by molar-refractivity contribution is 9.11. The van der Waals surface area contributed by atoms with Crippen molar-refractivity contribution in [3.8, 4) is 0 Å². The van der Waals surface area contributed by atoms with Gasteiger partial charge in [-0.1, -0.05) is 12.8 Å². The summed E-state index contributed by atoms with van der Waals surface area (Å²) in [6, 6.07) is 3.05. The zero-order valence-electron chi connectivity index (χ0n) is 8.48. The molecule has 1 aromatic rings. The van der Waals surface area contributed by atoms with Crippen molar-refractivity contribution in [3.63, 3.8) is 0 Å². The number of nitrogens with one attached hydrogen (secondary N) is 1. The maximum atomic E-state index is 3.63. The Morgan fingerprint density at radius 3 is 2.79 bits per heavy atom. The minimum atomic E-state index is 0.774. The lowest BCUT2D eigenvalue weighted by atomic mass is 10.2. The van der Waals surface area contributed by atoms with Crippen LogP contribution in [-0.4, -0.2) is 6.04 Å². The molecule has 1 aliphatic carbocycles. The largest absolute Gasteiger partial charge is 0.309 e. The lowest BCUT2D eigenvalue weighted by Gasteiger charge is -2.09. The van der Waals surface area contributed by atoms with Crippen LogP contribution in [0.1, 0.15) is 36.1 Å².